The lowest BCUT2D eigenvalue weighted by Crippen LogP contribution is -2.07. The first kappa shape index (κ1) is 14.4. The van der Waals surface area contributed by atoms with Crippen molar-refractivity contribution in [2.24, 2.45) is 0 Å². The maximum atomic E-state index is 11.2. The number of aromatic nitrogens is 1. The molecule has 0 aliphatic rings. The third kappa shape index (κ3) is 4.26. The van der Waals surface area contributed by atoms with E-state index in [2.05, 4.69) is 10.3 Å². The lowest BCUT2D eigenvalue weighted by molar-refractivity contribution is -0.139. The largest absolute Gasteiger partial charge is 0.465 e. The van der Waals surface area contributed by atoms with E-state index in [0.717, 1.165) is 0 Å². The number of anilines is 1. The second-order valence-corrected chi connectivity index (χ2v) is 4.73. The smallest absolute Gasteiger partial charge is 0.316 e. The van der Waals surface area contributed by atoms with Crippen LogP contribution in [0, 0.1) is 0 Å². The molecule has 0 radical (unpaired) electrons. The number of nitrogens with zero attached hydrogens (tertiary/aromatic N) is 1. The minimum atomic E-state index is -0.295. The molecule has 1 rings (SSSR count). The van der Waals surface area contributed by atoms with Crippen LogP contribution in [0.1, 0.15) is 6.92 Å². The average Bonchev–Trinajstić information content (AvgIpc) is 2.28. The SMILES string of the molecule is CCOC(=O)CSc1nc(NC)c(Cl)cc1Cl. The number of rotatable bonds is 5. The highest BCUT2D eigenvalue weighted by atomic mass is 35.5. The molecule has 0 saturated heterocycles. The zero-order chi connectivity index (χ0) is 12.8. The van der Waals surface area contributed by atoms with E-state index in [9.17, 15) is 4.79 Å². The number of pyridine rings is 1. The van der Waals surface area contributed by atoms with Gasteiger partial charge >= 0.3 is 5.97 Å². The predicted molar refractivity (Wildman–Crippen MR) is 71.2 cm³/mol. The van der Waals surface area contributed by atoms with Crippen molar-refractivity contribution in [3.8, 4) is 0 Å². The number of thioether (sulfide) groups is 1. The van der Waals surface area contributed by atoms with E-state index >= 15 is 0 Å². The molecule has 0 spiro atoms. The standard InChI is InChI=1S/C10H12Cl2N2O2S/c1-3-16-8(15)5-17-10-7(12)4-6(11)9(13-2)14-10/h4H,3,5H2,1-2H3,(H,13,14). The topological polar surface area (TPSA) is 51.2 Å². The number of ether oxygens (including phenoxy) is 1. The number of hydrogen-bond acceptors (Lipinski definition) is 5. The number of carbonyl (C=O) groups excluding carboxylic acids is 1. The zero-order valence-electron chi connectivity index (χ0n) is 9.42. The van der Waals surface area contributed by atoms with E-state index in [4.69, 9.17) is 27.9 Å². The molecule has 1 aromatic heterocycles. The van der Waals surface area contributed by atoms with E-state index in [1.807, 2.05) is 0 Å². The quantitative estimate of drug-likeness (QED) is 0.668. The summed E-state index contributed by atoms with van der Waals surface area (Å²) in [6.07, 6.45) is 0. The van der Waals surface area contributed by atoms with E-state index in [1.54, 1.807) is 20.0 Å². The van der Waals surface area contributed by atoms with Gasteiger partial charge < -0.3 is 10.1 Å². The Labute approximate surface area is 114 Å². The molecule has 1 aromatic rings. The molecule has 0 saturated carbocycles. The molecule has 0 unspecified atom stereocenters. The van der Waals surface area contributed by atoms with Crippen molar-refractivity contribution in [3.63, 3.8) is 0 Å². The fourth-order valence-electron chi connectivity index (χ4n) is 1.06. The summed E-state index contributed by atoms with van der Waals surface area (Å²) in [5.41, 5.74) is 0. The summed E-state index contributed by atoms with van der Waals surface area (Å²) >= 11 is 13.1. The third-order valence-electron chi connectivity index (χ3n) is 1.77. The Hall–Kier alpha value is -0.650. The highest BCUT2D eigenvalue weighted by Gasteiger charge is 2.11. The minimum Gasteiger partial charge on any atom is -0.465 e. The average molecular weight is 295 g/mol. The van der Waals surface area contributed by atoms with E-state index in [1.165, 1.54) is 11.8 Å². The first-order chi connectivity index (χ1) is 8.08. The van der Waals surface area contributed by atoms with Crippen molar-refractivity contribution in [2.45, 2.75) is 11.9 Å². The van der Waals surface area contributed by atoms with Crippen molar-refractivity contribution in [2.75, 3.05) is 24.7 Å². The second-order valence-electron chi connectivity index (χ2n) is 2.95. The Bertz CT molecular complexity index is 416. The van der Waals surface area contributed by atoms with Gasteiger partial charge in [-0.3, -0.25) is 4.79 Å². The van der Waals surface area contributed by atoms with Crippen LogP contribution in [-0.2, 0) is 9.53 Å². The summed E-state index contributed by atoms with van der Waals surface area (Å²) in [4.78, 5) is 15.4. The molecule has 94 valence electrons. The van der Waals surface area contributed by atoms with Gasteiger partial charge in [0.1, 0.15) is 10.8 Å². The summed E-state index contributed by atoms with van der Waals surface area (Å²) in [6.45, 7) is 2.12. The maximum Gasteiger partial charge on any atom is 0.316 e. The highest BCUT2D eigenvalue weighted by molar-refractivity contribution is 8.00. The van der Waals surface area contributed by atoms with Crippen LogP contribution in [0.2, 0.25) is 10.0 Å². The number of hydrogen-bond donors (Lipinski definition) is 1. The summed E-state index contributed by atoms with van der Waals surface area (Å²) in [7, 11) is 1.71. The first-order valence-corrected chi connectivity index (χ1v) is 6.64. The summed E-state index contributed by atoms with van der Waals surface area (Å²) in [5, 5.41) is 4.26. The van der Waals surface area contributed by atoms with E-state index < -0.39 is 0 Å². The van der Waals surface area contributed by atoms with Gasteiger partial charge in [-0.2, -0.15) is 0 Å². The van der Waals surface area contributed by atoms with Crippen LogP contribution < -0.4 is 5.32 Å². The van der Waals surface area contributed by atoms with E-state index in [0.29, 0.717) is 27.5 Å². The van der Waals surface area contributed by atoms with Crippen LogP contribution in [-0.4, -0.2) is 30.4 Å². The van der Waals surface area contributed by atoms with Crippen LogP contribution in [0.4, 0.5) is 5.82 Å². The van der Waals surface area contributed by atoms with E-state index in [-0.39, 0.29) is 11.7 Å². The van der Waals surface area contributed by atoms with Crippen LogP contribution in [0.3, 0.4) is 0 Å². The van der Waals surface area contributed by atoms with Gasteiger partial charge in [-0.1, -0.05) is 35.0 Å². The number of esters is 1. The fraction of sp³-hybridized carbons (Fsp3) is 0.400. The molecule has 4 nitrogen and oxygen atoms in total. The molecule has 1 N–H and O–H groups in total. The molecule has 0 amide bonds. The van der Waals surface area contributed by atoms with Gasteiger partial charge in [-0.05, 0) is 13.0 Å². The van der Waals surface area contributed by atoms with Gasteiger partial charge in [0, 0.05) is 7.05 Å². The molecular weight excluding hydrogens is 283 g/mol. The molecule has 0 fully saturated rings. The summed E-state index contributed by atoms with van der Waals surface area (Å²) < 4.78 is 4.81. The summed E-state index contributed by atoms with van der Waals surface area (Å²) in [6, 6.07) is 1.59. The highest BCUT2D eigenvalue weighted by Crippen LogP contribution is 2.31. The fourth-order valence-corrected chi connectivity index (χ4v) is 2.36. The first-order valence-electron chi connectivity index (χ1n) is 4.90. The molecule has 1 heterocycles. The van der Waals surface area contributed by atoms with Crippen molar-refractivity contribution in [1.82, 2.24) is 4.98 Å². The monoisotopic (exact) mass is 294 g/mol. The van der Waals surface area contributed by atoms with Gasteiger partial charge in [0.25, 0.3) is 0 Å². The van der Waals surface area contributed by atoms with Crippen LogP contribution in [0.25, 0.3) is 0 Å². The van der Waals surface area contributed by atoms with Gasteiger partial charge in [0.2, 0.25) is 0 Å². The Balaban J connectivity index is 2.74. The number of halogens is 2. The number of nitrogens with one attached hydrogen (secondary N) is 1. The van der Waals surface area contributed by atoms with Crippen molar-refractivity contribution in [3.05, 3.63) is 16.1 Å². The molecule has 17 heavy (non-hydrogen) atoms. The van der Waals surface area contributed by atoms with Crippen LogP contribution in [0.15, 0.2) is 11.1 Å². The lowest BCUT2D eigenvalue weighted by atomic mass is 10.4. The Morgan fingerprint density at radius 3 is 2.82 bits per heavy atom. The zero-order valence-corrected chi connectivity index (χ0v) is 11.7. The van der Waals surface area contributed by atoms with Crippen molar-refractivity contribution < 1.29 is 9.53 Å². The molecule has 0 bridgehead atoms. The van der Waals surface area contributed by atoms with Gasteiger partial charge in [0.15, 0.2) is 0 Å². The van der Waals surface area contributed by atoms with Crippen molar-refractivity contribution >= 4 is 46.8 Å². The number of carbonyl (C=O) groups is 1. The Morgan fingerprint density at radius 2 is 2.24 bits per heavy atom. The van der Waals surface area contributed by atoms with Crippen molar-refractivity contribution in [1.29, 1.82) is 0 Å². The minimum absolute atomic E-state index is 0.172. The molecule has 7 heteroatoms. The summed E-state index contributed by atoms with van der Waals surface area (Å²) in [5.74, 6) is 0.407. The lowest BCUT2D eigenvalue weighted by Gasteiger charge is -2.07. The van der Waals surface area contributed by atoms with Gasteiger partial charge in [-0.25, -0.2) is 4.98 Å². The predicted octanol–water partition coefficient (Wildman–Crippen LogP) is 3.09. The second kappa shape index (κ2) is 6.93. The maximum absolute atomic E-state index is 11.2. The molecular formula is C10H12Cl2N2O2S. The third-order valence-corrected chi connectivity index (χ3v) is 3.42. The van der Waals surface area contributed by atoms with Gasteiger partial charge in [-0.15, -0.1) is 0 Å². The van der Waals surface area contributed by atoms with Gasteiger partial charge in [0.05, 0.1) is 22.4 Å². The molecule has 0 aromatic carbocycles. The van der Waals surface area contributed by atoms with Crippen LogP contribution >= 0.6 is 35.0 Å². The Kier molecular flexibility index (Phi) is 5.88. The molecule has 0 atom stereocenters. The van der Waals surface area contributed by atoms with Crippen LogP contribution in [0.5, 0.6) is 0 Å². The normalized spacial score (nSPS) is 10.1. The molecule has 0 aliphatic carbocycles. The molecule has 0 aliphatic heterocycles. The Morgan fingerprint density at radius 1 is 1.53 bits per heavy atom.